The second kappa shape index (κ2) is 6.91. The number of aromatic nitrogens is 1. The SMILES string of the molecule is Cc1cccc2oc(CCNC(=O)C(C)(C)CN)nc12.Cl. The maximum absolute atomic E-state index is 11.9. The van der Waals surface area contributed by atoms with E-state index in [1.807, 2.05) is 39.0 Å². The summed E-state index contributed by atoms with van der Waals surface area (Å²) in [5.74, 6) is 0.590. The van der Waals surface area contributed by atoms with Crippen molar-refractivity contribution in [1.29, 1.82) is 0 Å². The molecule has 1 aromatic carbocycles. The number of carbonyl (C=O) groups excluding carboxylic acids is 1. The molecule has 0 bridgehead atoms. The Labute approximate surface area is 130 Å². The van der Waals surface area contributed by atoms with E-state index < -0.39 is 5.41 Å². The van der Waals surface area contributed by atoms with Crippen molar-refractivity contribution in [2.45, 2.75) is 27.2 Å². The molecule has 0 aliphatic carbocycles. The molecule has 1 heterocycles. The molecule has 0 fully saturated rings. The van der Waals surface area contributed by atoms with E-state index in [0.29, 0.717) is 25.4 Å². The summed E-state index contributed by atoms with van der Waals surface area (Å²) in [5.41, 5.74) is 7.78. The molecule has 2 aromatic rings. The number of benzene rings is 1. The lowest BCUT2D eigenvalue weighted by Crippen LogP contribution is -2.42. The summed E-state index contributed by atoms with van der Waals surface area (Å²) in [7, 11) is 0. The maximum atomic E-state index is 11.9. The van der Waals surface area contributed by atoms with E-state index in [4.69, 9.17) is 10.2 Å². The zero-order valence-corrected chi connectivity index (χ0v) is 13.4. The van der Waals surface area contributed by atoms with Crippen LogP contribution >= 0.6 is 12.4 Å². The number of nitrogens with one attached hydrogen (secondary N) is 1. The van der Waals surface area contributed by atoms with Crippen LogP contribution in [0, 0.1) is 12.3 Å². The second-order valence-electron chi connectivity index (χ2n) is 5.62. The summed E-state index contributed by atoms with van der Waals surface area (Å²) >= 11 is 0. The predicted molar refractivity (Wildman–Crippen MR) is 85.5 cm³/mol. The van der Waals surface area contributed by atoms with Crippen LogP contribution in [0.5, 0.6) is 0 Å². The van der Waals surface area contributed by atoms with Gasteiger partial charge in [0.2, 0.25) is 5.91 Å². The maximum Gasteiger partial charge on any atom is 0.226 e. The number of para-hydroxylation sites is 1. The predicted octanol–water partition coefficient (Wildman–Crippen LogP) is 2.20. The molecule has 0 saturated heterocycles. The number of oxazole rings is 1. The van der Waals surface area contributed by atoms with Gasteiger partial charge < -0.3 is 15.5 Å². The summed E-state index contributed by atoms with van der Waals surface area (Å²) < 4.78 is 5.66. The fourth-order valence-electron chi connectivity index (χ4n) is 1.85. The number of rotatable bonds is 5. The van der Waals surface area contributed by atoms with Gasteiger partial charge in [-0.05, 0) is 32.4 Å². The molecule has 1 amide bonds. The first kappa shape index (κ1) is 17.5. The fourth-order valence-corrected chi connectivity index (χ4v) is 1.85. The van der Waals surface area contributed by atoms with Crippen LogP contribution in [0.1, 0.15) is 25.3 Å². The Kier molecular flexibility index (Phi) is 5.75. The van der Waals surface area contributed by atoms with Crippen LogP contribution in [0.25, 0.3) is 11.1 Å². The monoisotopic (exact) mass is 311 g/mol. The van der Waals surface area contributed by atoms with E-state index in [2.05, 4.69) is 10.3 Å². The van der Waals surface area contributed by atoms with Crippen LogP contribution in [0.4, 0.5) is 0 Å². The van der Waals surface area contributed by atoms with Crippen LogP contribution in [0.2, 0.25) is 0 Å². The number of aryl methyl sites for hydroxylation is 1. The van der Waals surface area contributed by atoms with Gasteiger partial charge >= 0.3 is 0 Å². The van der Waals surface area contributed by atoms with E-state index in [1.165, 1.54) is 0 Å². The summed E-state index contributed by atoms with van der Waals surface area (Å²) in [6.45, 7) is 6.46. The van der Waals surface area contributed by atoms with Gasteiger partial charge in [-0.1, -0.05) is 12.1 Å². The highest BCUT2D eigenvalue weighted by Gasteiger charge is 2.25. The van der Waals surface area contributed by atoms with Crippen LogP contribution in [0.3, 0.4) is 0 Å². The molecule has 0 saturated carbocycles. The molecule has 0 spiro atoms. The number of amides is 1. The number of halogens is 1. The summed E-state index contributed by atoms with van der Waals surface area (Å²) in [6.07, 6.45) is 0.570. The Balaban J connectivity index is 0.00000220. The smallest absolute Gasteiger partial charge is 0.226 e. The Morgan fingerprint density at radius 3 is 2.76 bits per heavy atom. The Morgan fingerprint density at radius 1 is 1.43 bits per heavy atom. The lowest BCUT2D eigenvalue weighted by molar-refractivity contribution is -0.128. The number of hydrogen-bond acceptors (Lipinski definition) is 4. The van der Waals surface area contributed by atoms with E-state index in [1.54, 1.807) is 0 Å². The Morgan fingerprint density at radius 2 is 2.14 bits per heavy atom. The molecule has 3 N–H and O–H groups in total. The van der Waals surface area contributed by atoms with Crippen molar-refractivity contribution in [3.05, 3.63) is 29.7 Å². The molecular formula is C15H22ClN3O2. The molecule has 5 nitrogen and oxygen atoms in total. The first-order valence-corrected chi connectivity index (χ1v) is 6.77. The van der Waals surface area contributed by atoms with E-state index in [-0.39, 0.29) is 18.3 Å². The molecule has 116 valence electrons. The summed E-state index contributed by atoms with van der Waals surface area (Å²) in [6, 6.07) is 5.84. The second-order valence-corrected chi connectivity index (χ2v) is 5.62. The third kappa shape index (κ3) is 3.95. The first-order valence-electron chi connectivity index (χ1n) is 6.77. The van der Waals surface area contributed by atoms with Gasteiger partial charge in [-0.25, -0.2) is 4.98 Å². The van der Waals surface area contributed by atoms with Gasteiger partial charge in [0.25, 0.3) is 0 Å². The van der Waals surface area contributed by atoms with Gasteiger partial charge in [-0.2, -0.15) is 0 Å². The largest absolute Gasteiger partial charge is 0.441 e. The zero-order chi connectivity index (χ0) is 14.8. The molecule has 0 aliphatic heterocycles. The molecule has 0 aliphatic rings. The average Bonchev–Trinajstić information content (AvgIpc) is 2.83. The van der Waals surface area contributed by atoms with Crippen LogP contribution in [-0.4, -0.2) is 24.0 Å². The number of nitrogens with two attached hydrogens (primary N) is 1. The molecular weight excluding hydrogens is 290 g/mol. The lowest BCUT2D eigenvalue weighted by atomic mass is 9.93. The van der Waals surface area contributed by atoms with Gasteiger partial charge in [-0.3, -0.25) is 4.79 Å². The standard InChI is InChI=1S/C15H21N3O2.ClH/c1-10-5-4-6-11-13(10)18-12(20-11)7-8-17-14(19)15(2,3)9-16;/h4-6H,7-9,16H2,1-3H3,(H,17,19);1H. The zero-order valence-electron chi connectivity index (χ0n) is 12.6. The highest BCUT2D eigenvalue weighted by molar-refractivity contribution is 5.85. The van der Waals surface area contributed by atoms with Crippen LogP contribution < -0.4 is 11.1 Å². The third-order valence-corrected chi connectivity index (χ3v) is 3.41. The number of fused-ring (bicyclic) bond motifs is 1. The lowest BCUT2D eigenvalue weighted by Gasteiger charge is -2.20. The van der Waals surface area contributed by atoms with E-state index in [0.717, 1.165) is 16.7 Å². The highest BCUT2D eigenvalue weighted by atomic mass is 35.5. The van der Waals surface area contributed by atoms with Gasteiger partial charge in [0.15, 0.2) is 11.5 Å². The Bertz CT molecular complexity index is 622. The minimum Gasteiger partial charge on any atom is -0.441 e. The first-order chi connectivity index (χ1) is 9.44. The van der Waals surface area contributed by atoms with Crippen molar-refractivity contribution >= 4 is 29.4 Å². The molecule has 0 radical (unpaired) electrons. The molecule has 6 heteroatoms. The van der Waals surface area contributed by atoms with Crippen molar-refractivity contribution in [1.82, 2.24) is 10.3 Å². The minimum atomic E-state index is -0.544. The average molecular weight is 312 g/mol. The van der Waals surface area contributed by atoms with Gasteiger partial charge in [0, 0.05) is 19.5 Å². The van der Waals surface area contributed by atoms with Crippen LogP contribution in [-0.2, 0) is 11.2 Å². The van der Waals surface area contributed by atoms with Crippen molar-refractivity contribution < 1.29 is 9.21 Å². The fraction of sp³-hybridized carbons (Fsp3) is 0.467. The third-order valence-electron chi connectivity index (χ3n) is 3.41. The van der Waals surface area contributed by atoms with Gasteiger partial charge in [0.1, 0.15) is 5.52 Å². The van der Waals surface area contributed by atoms with Crippen molar-refractivity contribution in [2.75, 3.05) is 13.1 Å². The van der Waals surface area contributed by atoms with Crippen molar-refractivity contribution in [3.8, 4) is 0 Å². The summed E-state index contributed by atoms with van der Waals surface area (Å²) in [4.78, 5) is 16.3. The highest BCUT2D eigenvalue weighted by Crippen LogP contribution is 2.19. The van der Waals surface area contributed by atoms with E-state index in [9.17, 15) is 4.79 Å². The van der Waals surface area contributed by atoms with Crippen LogP contribution in [0.15, 0.2) is 22.6 Å². The molecule has 21 heavy (non-hydrogen) atoms. The number of nitrogens with zero attached hydrogens (tertiary/aromatic N) is 1. The van der Waals surface area contributed by atoms with Gasteiger partial charge in [-0.15, -0.1) is 12.4 Å². The van der Waals surface area contributed by atoms with E-state index >= 15 is 0 Å². The van der Waals surface area contributed by atoms with Crippen molar-refractivity contribution in [3.63, 3.8) is 0 Å². The summed E-state index contributed by atoms with van der Waals surface area (Å²) in [5, 5.41) is 2.86. The topological polar surface area (TPSA) is 81.2 Å². The number of hydrogen-bond donors (Lipinski definition) is 2. The molecule has 0 unspecified atom stereocenters. The number of carbonyl (C=O) groups is 1. The molecule has 0 atom stereocenters. The normalized spacial score (nSPS) is 11.2. The Hall–Kier alpha value is -1.59. The molecule has 2 rings (SSSR count). The molecule has 1 aromatic heterocycles. The minimum absolute atomic E-state index is 0. The van der Waals surface area contributed by atoms with Gasteiger partial charge in [0.05, 0.1) is 5.41 Å². The van der Waals surface area contributed by atoms with Crippen molar-refractivity contribution in [2.24, 2.45) is 11.1 Å². The quantitative estimate of drug-likeness (QED) is 0.887.